The van der Waals surface area contributed by atoms with Crippen LogP contribution in [0.15, 0.2) is 24.3 Å². The summed E-state index contributed by atoms with van der Waals surface area (Å²) >= 11 is 0. The van der Waals surface area contributed by atoms with Crippen molar-refractivity contribution in [2.75, 3.05) is 19.6 Å². The van der Waals surface area contributed by atoms with Crippen LogP contribution in [-0.4, -0.2) is 36.0 Å². The van der Waals surface area contributed by atoms with Gasteiger partial charge in [-0.15, -0.1) is 13.2 Å². The van der Waals surface area contributed by atoms with Gasteiger partial charge in [0.1, 0.15) is 5.75 Å². The van der Waals surface area contributed by atoms with Crippen molar-refractivity contribution in [3.63, 3.8) is 0 Å². The highest BCUT2D eigenvalue weighted by Gasteiger charge is 2.31. The third kappa shape index (κ3) is 5.85. The van der Waals surface area contributed by atoms with Crippen LogP contribution in [0.3, 0.4) is 0 Å². The van der Waals surface area contributed by atoms with Gasteiger partial charge >= 0.3 is 6.36 Å². The molecular formula is C16H22F3NO2. The molecule has 2 rings (SSSR count). The molecule has 1 heterocycles. The third-order valence-corrected chi connectivity index (χ3v) is 3.88. The van der Waals surface area contributed by atoms with E-state index < -0.39 is 12.5 Å². The van der Waals surface area contributed by atoms with Crippen LogP contribution in [-0.2, 0) is 0 Å². The zero-order valence-corrected chi connectivity index (χ0v) is 12.5. The van der Waals surface area contributed by atoms with Crippen LogP contribution in [0.5, 0.6) is 5.75 Å². The molecule has 1 saturated heterocycles. The Hall–Kier alpha value is -1.27. The highest BCUT2D eigenvalue weighted by molar-refractivity contribution is 5.28. The third-order valence-electron chi connectivity index (χ3n) is 3.88. The standard InChI is InChI=1S/C16H22F3NO2/c17-16(18,19)22-14-8-6-13(7-9-14)15(21)12-20-10-4-2-1-3-5-11-20/h6-9,15,21H,1-5,10-12H2/t15-/m0/s1. The topological polar surface area (TPSA) is 32.7 Å². The number of hydrogen-bond acceptors (Lipinski definition) is 3. The van der Waals surface area contributed by atoms with E-state index in [1.54, 1.807) is 0 Å². The van der Waals surface area contributed by atoms with Crippen LogP contribution in [0.4, 0.5) is 13.2 Å². The van der Waals surface area contributed by atoms with Crippen LogP contribution < -0.4 is 4.74 Å². The second-order valence-corrected chi connectivity index (χ2v) is 5.70. The first-order valence-electron chi connectivity index (χ1n) is 7.70. The number of β-amino-alcohol motifs (C(OH)–C–C–N with tert-alkyl or cyclic N) is 1. The van der Waals surface area contributed by atoms with Crippen molar-refractivity contribution in [3.8, 4) is 5.75 Å². The number of alkyl halides is 3. The van der Waals surface area contributed by atoms with Gasteiger partial charge in [0.25, 0.3) is 0 Å². The Labute approximate surface area is 128 Å². The number of likely N-dealkylation sites (tertiary alicyclic amines) is 1. The maximum absolute atomic E-state index is 12.1. The molecule has 1 fully saturated rings. The summed E-state index contributed by atoms with van der Waals surface area (Å²) in [4.78, 5) is 2.23. The molecule has 0 spiro atoms. The van der Waals surface area contributed by atoms with Gasteiger partial charge in [0.15, 0.2) is 0 Å². The van der Waals surface area contributed by atoms with E-state index >= 15 is 0 Å². The van der Waals surface area contributed by atoms with Crippen LogP contribution in [0.2, 0.25) is 0 Å². The summed E-state index contributed by atoms with van der Waals surface area (Å²) in [5, 5.41) is 10.3. The molecule has 1 aliphatic heterocycles. The molecule has 22 heavy (non-hydrogen) atoms. The molecule has 0 bridgehead atoms. The molecule has 6 heteroatoms. The van der Waals surface area contributed by atoms with E-state index in [0.717, 1.165) is 25.9 Å². The minimum atomic E-state index is -4.69. The molecule has 0 unspecified atom stereocenters. The molecule has 124 valence electrons. The number of aliphatic hydroxyl groups excluding tert-OH is 1. The van der Waals surface area contributed by atoms with E-state index in [0.29, 0.717) is 12.1 Å². The first-order chi connectivity index (χ1) is 10.4. The SMILES string of the molecule is O[C@@H](CN1CCCCCCC1)c1ccc(OC(F)(F)F)cc1. The molecule has 3 nitrogen and oxygen atoms in total. The second kappa shape index (κ2) is 7.83. The first kappa shape index (κ1) is 17.1. The predicted octanol–water partition coefficient (Wildman–Crippen LogP) is 3.88. The van der Waals surface area contributed by atoms with Gasteiger partial charge in [-0.3, -0.25) is 0 Å². The van der Waals surface area contributed by atoms with Crippen molar-refractivity contribution in [1.29, 1.82) is 0 Å². The van der Waals surface area contributed by atoms with Crippen LogP contribution in [0.1, 0.15) is 43.8 Å². The van der Waals surface area contributed by atoms with Gasteiger partial charge in [-0.1, -0.05) is 31.4 Å². The van der Waals surface area contributed by atoms with Crippen molar-refractivity contribution in [3.05, 3.63) is 29.8 Å². The largest absolute Gasteiger partial charge is 0.573 e. The molecule has 0 radical (unpaired) electrons. The predicted molar refractivity (Wildman–Crippen MR) is 77.6 cm³/mol. The second-order valence-electron chi connectivity index (χ2n) is 5.70. The van der Waals surface area contributed by atoms with Crippen molar-refractivity contribution in [2.45, 2.75) is 44.6 Å². The number of halogens is 3. The lowest BCUT2D eigenvalue weighted by molar-refractivity contribution is -0.274. The molecule has 0 aliphatic carbocycles. The van der Waals surface area contributed by atoms with Gasteiger partial charge in [-0.2, -0.15) is 0 Å². The summed E-state index contributed by atoms with van der Waals surface area (Å²) in [6, 6.07) is 5.44. The van der Waals surface area contributed by atoms with Gasteiger partial charge in [0.2, 0.25) is 0 Å². The van der Waals surface area contributed by atoms with E-state index in [4.69, 9.17) is 0 Å². The number of benzene rings is 1. The summed E-state index contributed by atoms with van der Waals surface area (Å²) in [7, 11) is 0. The summed E-state index contributed by atoms with van der Waals surface area (Å²) in [5.74, 6) is -0.269. The maximum atomic E-state index is 12.1. The zero-order chi connectivity index (χ0) is 16.0. The van der Waals surface area contributed by atoms with Gasteiger partial charge < -0.3 is 14.7 Å². The normalized spacial score (nSPS) is 19.3. The van der Waals surface area contributed by atoms with Crippen LogP contribution in [0.25, 0.3) is 0 Å². The Morgan fingerprint density at radius 2 is 1.55 bits per heavy atom. The first-order valence-corrected chi connectivity index (χ1v) is 7.70. The highest BCUT2D eigenvalue weighted by Crippen LogP contribution is 2.25. The van der Waals surface area contributed by atoms with Gasteiger partial charge in [-0.05, 0) is 43.6 Å². The number of hydrogen-bond donors (Lipinski definition) is 1. The van der Waals surface area contributed by atoms with E-state index in [-0.39, 0.29) is 5.75 Å². The van der Waals surface area contributed by atoms with Gasteiger partial charge in [0.05, 0.1) is 6.10 Å². The minimum Gasteiger partial charge on any atom is -0.406 e. The summed E-state index contributed by atoms with van der Waals surface area (Å²) in [6.45, 7) is 2.44. The van der Waals surface area contributed by atoms with E-state index in [2.05, 4.69) is 9.64 Å². The lowest BCUT2D eigenvalue weighted by Gasteiger charge is -2.27. The average molecular weight is 317 g/mol. The lowest BCUT2D eigenvalue weighted by atomic mass is 10.1. The molecule has 1 aromatic rings. The number of ether oxygens (including phenoxy) is 1. The Morgan fingerprint density at radius 1 is 1.00 bits per heavy atom. The van der Waals surface area contributed by atoms with Crippen molar-refractivity contribution in [2.24, 2.45) is 0 Å². The fourth-order valence-corrected chi connectivity index (χ4v) is 2.74. The maximum Gasteiger partial charge on any atom is 0.573 e. The molecule has 1 atom stereocenters. The summed E-state index contributed by atoms with van der Waals surface area (Å²) in [5.41, 5.74) is 0.608. The summed E-state index contributed by atoms with van der Waals surface area (Å²) < 4.78 is 40.1. The van der Waals surface area contributed by atoms with Gasteiger partial charge in [-0.25, -0.2) is 0 Å². The molecule has 0 aromatic heterocycles. The molecule has 1 N–H and O–H groups in total. The molecule has 1 aromatic carbocycles. The van der Waals surface area contributed by atoms with Crippen LogP contribution in [0, 0.1) is 0 Å². The molecule has 0 saturated carbocycles. The van der Waals surface area contributed by atoms with Crippen molar-refractivity contribution >= 4 is 0 Å². The highest BCUT2D eigenvalue weighted by atomic mass is 19.4. The zero-order valence-electron chi connectivity index (χ0n) is 12.5. The quantitative estimate of drug-likeness (QED) is 0.914. The molecule has 1 aliphatic rings. The average Bonchev–Trinajstić information content (AvgIpc) is 2.40. The Balaban J connectivity index is 1.89. The van der Waals surface area contributed by atoms with Crippen molar-refractivity contribution in [1.82, 2.24) is 4.90 Å². The molecular weight excluding hydrogens is 295 g/mol. The minimum absolute atomic E-state index is 0.269. The Morgan fingerprint density at radius 3 is 2.09 bits per heavy atom. The number of aliphatic hydroxyl groups is 1. The number of rotatable bonds is 4. The van der Waals surface area contributed by atoms with E-state index in [1.807, 2.05) is 0 Å². The Bertz CT molecular complexity index is 440. The fraction of sp³-hybridized carbons (Fsp3) is 0.625. The van der Waals surface area contributed by atoms with Crippen LogP contribution >= 0.6 is 0 Å². The monoisotopic (exact) mass is 317 g/mol. The smallest absolute Gasteiger partial charge is 0.406 e. The Kier molecular flexibility index (Phi) is 6.08. The number of nitrogens with zero attached hydrogens (tertiary/aromatic N) is 1. The summed E-state index contributed by atoms with van der Waals surface area (Å²) in [6.07, 6.45) is 0.587. The van der Waals surface area contributed by atoms with Crippen molar-refractivity contribution < 1.29 is 23.0 Å². The fourth-order valence-electron chi connectivity index (χ4n) is 2.74. The van der Waals surface area contributed by atoms with Gasteiger partial charge in [0, 0.05) is 6.54 Å². The lowest BCUT2D eigenvalue weighted by Crippen LogP contribution is -2.31. The molecule has 0 amide bonds. The van der Waals surface area contributed by atoms with E-state index in [9.17, 15) is 18.3 Å². The van der Waals surface area contributed by atoms with E-state index in [1.165, 1.54) is 43.5 Å².